The van der Waals surface area contributed by atoms with E-state index in [-0.39, 0.29) is 0 Å². The largest absolute Gasteiger partial charge is 0.372 e. The molecule has 5 nitrogen and oxygen atoms in total. The highest BCUT2D eigenvalue weighted by Crippen LogP contribution is 2.22. The first-order valence-corrected chi connectivity index (χ1v) is 8.89. The van der Waals surface area contributed by atoms with Crippen molar-refractivity contribution < 1.29 is 9.59 Å². The van der Waals surface area contributed by atoms with E-state index >= 15 is 0 Å². The zero-order valence-electron chi connectivity index (χ0n) is 15.2. The zero-order chi connectivity index (χ0) is 17.7. The number of piperidine rings is 1. The summed E-state index contributed by atoms with van der Waals surface area (Å²) in [5, 5.41) is 2.72. The van der Waals surface area contributed by atoms with Gasteiger partial charge >= 0.3 is 11.8 Å². The molecule has 1 aliphatic rings. The Bertz CT molecular complexity index is 556. The maximum Gasteiger partial charge on any atom is 0.313 e. The summed E-state index contributed by atoms with van der Waals surface area (Å²) in [6.07, 6.45) is 1.11. The van der Waals surface area contributed by atoms with Gasteiger partial charge < -0.3 is 15.1 Å². The van der Waals surface area contributed by atoms with Gasteiger partial charge in [0.05, 0.1) is 0 Å². The van der Waals surface area contributed by atoms with Crippen LogP contribution in [0.15, 0.2) is 24.3 Å². The number of benzene rings is 1. The quantitative estimate of drug-likeness (QED) is 0.863. The Kier molecular flexibility index (Phi) is 6.23. The highest BCUT2D eigenvalue weighted by molar-refractivity contribution is 6.39. The van der Waals surface area contributed by atoms with Crippen LogP contribution < -0.4 is 10.2 Å². The minimum atomic E-state index is -0.549. The summed E-state index contributed by atoms with van der Waals surface area (Å²) >= 11 is 0. The fourth-order valence-electron chi connectivity index (χ4n) is 3.50. The maximum absolute atomic E-state index is 12.4. The minimum Gasteiger partial charge on any atom is -0.372 e. The van der Waals surface area contributed by atoms with E-state index in [0.717, 1.165) is 25.2 Å². The molecule has 5 heteroatoms. The van der Waals surface area contributed by atoms with Crippen molar-refractivity contribution in [2.75, 3.05) is 36.4 Å². The number of amides is 2. The Morgan fingerprint density at radius 3 is 2.12 bits per heavy atom. The van der Waals surface area contributed by atoms with E-state index in [1.165, 1.54) is 0 Å². The molecule has 1 N–H and O–H groups in total. The van der Waals surface area contributed by atoms with Crippen LogP contribution in [-0.4, -0.2) is 42.9 Å². The van der Waals surface area contributed by atoms with E-state index in [0.29, 0.717) is 30.6 Å². The van der Waals surface area contributed by atoms with Crippen LogP contribution in [-0.2, 0) is 9.59 Å². The highest BCUT2D eigenvalue weighted by atomic mass is 16.2. The lowest BCUT2D eigenvalue weighted by molar-refractivity contribution is -0.144. The summed E-state index contributed by atoms with van der Waals surface area (Å²) in [5.41, 5.74) is 1.77. The zero-order valence-corrected chi connectivity index (χ0v) is 15.2. The average molecular weight is 331 g/mol. The third kappa shape index (κ3) is 4.49. The smallest absolute Gasteiger partial charge is 0.313 e. The fourth-order valence-corrected chi connectivity index (χ4v) is 3.50. The van der Waals surface area contributed by atoms with Crippen molar-refractivity contribution in [1.29, 1.82) is 0 Å². The molecule has 1 fully saturated rings. The monoisotopic (exact) mass is 331 g/mol. The highest BCUT2D eigenvalue weighted by Gasteiger charge is 2.29. The lowest BCUT2D eigenvalue weighted by Gasteiger charge is -2.34. The van der Waals surface area contributed by atoms with Gasteiger partial charge in [-0.05, 0) is 56.4 Å². The standard InChI is InChI=1S/C19H29N3O2/c1-5-21(6-2)17-9-7-16(8-10-17)20-18(23)19(24)22-12-14(3)11-15(4)13-22/h7-10,14-15H,5-6,11-13H2,1-4H3,(H,20,23). The van der Waals surface area contributed by atoms with E-state index in [2.05, 4.69) is 37.9 Å². The number of anilines is 2. The summed E-state index contributed by atoms with van der Waals surface area (Å²) in [4.78, 5) is 28.5. The van der Waals surface area contributed by atoms with Gasteiger partial charge in [-0.2, -0.15) is 0 Å². The van der Waals surface area contributed by atoms with Gasteiger partial charge in [0.1, 0.15) is 0 Å². The number of rotatable bonds is 4. The molecule has 0 spiro atoms. The Hall–Kier alpha value is -2.04. The van der Waals surface area contributed by atoms with Crippen molar-refractivity contribution in [3.8, 4) is 0 Å². The number of nitrogens with one attached hydrogen (secondary N) is 1. The van der Waals surface area contributed by atoms with Crippen molar-refractivity contribution in [3.05, 3.63) is 24.3 Å². The molecule has 1 aromatic rings. The molecular formula is C19H29N3O2. The van der Waals surface area contributed by atoms with Gasteiger partial charge in [0.15, 0.2) is 0 Å². The summed E-state index contributed by atoms with van der Waals surface area (Å²) in [6.45, 7) is 11.7. The van der Waals surface area contributed by atoms with Gasteiger partial charge in [-0.3, -0.25) is 9.59 Å². The van der Waals surface area contributed by atoms with E-state index in [1.807, 2.05) is 24.3 Å². The van der Waals surface area contributed by atoms with Gasteiger partial charge in [-0.25, -0.2) is 0 Å². The Morgan fingerprint density at radius 2 is 1.62 bits per heavy atom. The number of likely N-dealkylation sites (tertiary alicyclic amines) is 1. The van der Waals surface area contributed by atoms with Crippen molar-refractivity contribution >= 4 is 23.2 Å². The number of hydrogen-bond donors (Lipinski definition) is 1. The van der Waals surface area contributed by atoms with Crippen molar-refractivity contribution in [1.82, 2.24) is 4.90 Å². The van der Waals surface area contributed by atoms with Gasteiger partial charge in [0.2, 0.25) is 0 Å². The second-order valence-electron chi connectivity index (χ2n) is 6.83. The first-order chi connectivity index (χ1) is 11.4. The van der Waals surface area contributed by atoms with Crippen LogP contribution in [0.25, 0.3) is 0 Å². The molecule has 132 valence electrons. The summed E-state index contributed by atoms with van der Waals surface area (Å²) in [6, 6.07) is 7.64. The van der Waals surface area contributed by atoms with E-state index in [1.54, 1.807) is 4.90 Å². The number of carbonyl (C=O) groups excluding carboxylic acids is 2. The van der Waals surface area contributed by atoms with Gasteiger partial charge in [0, 0.05) is 37.6 Å². The van der Waals surface area contributed by atoms with E-state index < -0.39 is 11.8 Å². The SMILES string of the molecule is CCN(CC)c1ccc(NC(=O)C(=O)N2CC(C)CC(C)C2)cc1. The van der Waals surface area contributed by atoms with Crippen LogP contribution in [0.5, 0.6) is 0 Å². The van der Waals surface area contributed by atoms with Crippen LogP contribution in [0.1, 0.15) is 34.1 Å². The van der Waals surface area contributed by atoms with Crippen molar-refractivity contribution in [2.24, 2.45) is 11.8 Å². The Labute approximate surface area is 145 Å². The summed E-state index contributed by atoms with van der Waals surface area (Å²) in [5.74, 6) is -0.0918. The average Bonchev–Trinajstić information content (AvgIpc) is 2.55. The van der Waals surface area contributed by atoms with Crippen LogP contribution >= 0.6 is 0 Å². The molecule has 0 aliphatic carbocycles. The van der Waals surface area contributed by atoms with Gasteiger partial charge in [-0.15, -0.1) is 0 Å². The predicted molar refractivity (Wildman–Crippen MR) is 98.2 cm³/mol. The molecule has 0 radical (unpaired) electrons. The lowest BCUT2D eigenvalue weighted by atomic mass is 9.92. The summed E-state index contributed by atoms with van der Waals surface area (Å²) < 4.78 is 0. The van der Waals surface area contributed by atoms with Crippen LogP contribution in [0.2, 0.25) is 0 Å². The first kappa shape index (κ1) is 18.3. The number of carbonyl (C=O) groups is 2. The number of nitrogens with zero attached hydrogens (tertiary/aromatic N) is 2. The van der Waals surface area contributed by atoms with Crippen LogP contribution in [0.4, 0.5) is 11.4 Å². The normalized spacial score (nSPS) is 20.6. The Balaban J connectivity index is 1.97. The topological polar surface area (TPSA) is 52.7 Å². The van der Waals surface area contributed by atoms with Crippen molar-refractivity contribution in [3.63, 3.8) is 0 Å². The third-order valence-corrected chi connectivity index (χ3v) is 4.60. The fraction of sp³-hybridized carbons (Fsp3) is 0.579. The van der Waals surface area contributed by atoms with Crippen LogP contribution in [0, 0.1) is 11.8 Å². The summed E-state index contributed by atoms with van der Waals surface area (Å²) in [7, 11) is 0. The molecule has 2 amide bonds. The second kappa shape index (κ2) is 8.18. The molecule has 2 rings (SSSR count). The van der Waals surface area contributed by atoms with E-state index in [4.69, 9.17) is 0 Å². The molecule has 0 bridgehead atoms. The van der Waals surface area contributed by atoms with Crippen LogP contribution in [0.3, 0.4) is 0 Å². The van der Waals surface area contributed by atoms with Gasteiger partial charge in [-0.1, -0.05) is 13.8 Å². The molecule has 2 unspecified atom stereocenters. The molecule has 1 heterocycles. The maximum atomic E-state index is 12.4. The Morgan fingerprint density at radius 1 is 1.08 bits per heavy atom. The molecule has 0 aromatic heterocycles. The molecule has 2 atom stereocenters. The molecule has 24 heavy (non-hydrogen) atoms. The first-order valence-electron chi connectivity index (χ1n) is 8.89. The molecule has 1 aromatic carbocycles. The predicted octanol–water partition coefficient (Wildman–Crippen LogP) is 2.98. The second-order valence-corrected chi connectivity index (χ2v) is 6.83. The van der Waals surface area contributed by atoms with E-state index in [9.17, 15) is 9.59 Å². The van der Waals surface area contributed by atoms with Gasteiger partial charge in [0.25, 0.3) is 0 Å². The molecular weight excluding hydrogens is 302 g/mol. The third-order valence-electron chi connectivity index (χ3n) is 4.60. The van der Waals surface area contributed by atoms with Crippen molar-refractivity contribution in [2.45, 2.75) is 34.1 Å². The number of hydrogen-bond acceptors (Lipinski definition) is 3. The molecule has 1 saturated heterocycles. The molecule has 1 aliphatic heterocycles. The molecule has 0 saturated carbocycles. The lowest BCUT2D eigenvalue weighted by Crippen LogP contribution is -2.47. The minimum absolute atomic E-state index is 0.429.